The fourth-order valence-corrected chi connectivity index (χ4v) is 2.84. The molecule has 1 saturated heterocycles. The van der Waals surface area contributed by atoms with Gasteiger partial charge in [0.1, 0.15) is 0 Å². The Bertz CT molecular complexity index is 563. The number of nitrogens with zero attached hydrogens (tertiary/aromatic N) is 3. The summed E-state index contributed by atoms with van der Waals surface area (Å²) < 4.78 is 0. The highest BCUT2D eigenvalue weighted by Gasteiger charge is 2.19. The molecular formula is C16H22N4. The maximum absolute atomic E-state index is 4.72. The van der Waals surface area contributed by atoms with Crippen LogP contribution in [-0.2, 0) is 0 Å². The summed E-state index contributed by atoms with van der Waals surface area (Å²) in [5.41, 5.74) is 1.03. The maximum Gasteiger partial charge on any atom is 0.225 e. The smallest absolute Gasteiger partial charge is 0.225 e. The van der Waals surface area contributed by atoms with Crippen molar-refractivity contribution in [2.45, 2.75) is 32.2 Å². The molecule has 1 N–H and O–H groups in total. The third-order valence-electron chi connectivity index (χ3n) is 3.86. The van der Waals surface area contributed by atoms with Gasteiger partial charge in [0.05, 0.1) is 5.52 Å². The zero-order valence-corrected chi connectivity index (χ0v) is 12.0. The van der Waals surface area contributed by atoms with Gasteiger partial charge in [0.15, 0.2) is 0 Å². The van der Waals surface area contributed by atoms with Gasteiger partial charge in [0, 0.05) is 30.7 Å². The molecule has 1 atom stereocenters. The van der Waals surface area contributed by atoms with Crippen LogP contribution in [0.15, 0.2) is 30.5 Å². The van der Waals surface area contributed by atoms with Crippen molar-refractivity contribution in [1.82, 2.24) is 15.3 Å². The Kier molecular flexibility index (Phi) is 4.11. The van der Waals surface area contributed by atoms with E-state index in [4.69, 9.17) is 4.98 Å². The van der Waals surface area contributed by atoms with Crippen molar-refractivity contribution >= 4 is 16.9 Å². The summed E-state index contributed by atoms with van der Waals surface area (Å²) >= 11 is 0. The van der Waals surface area contributed by atoms with Gasteiger partial charge in [-0.05, 0) is 31.9 Å². The van der Waals surface area contributed by atoms with Crippen LogP contribution in [0.5, 0.6) is 0 Å². The molecule has 1 aliphatic rings. The number of hydrogen-bond acceptors (Lipinski definition) is 4. The number of rotatable bonds is 5. The minimum Gasteiger partial charge on any atom is -0.339 e. The number of fused-ring (bicyclic) bond motifs is 1. The van der Waals surface area contributed by atoms with Crippen LogP contribution >= 0.6 is 0 Å². The first-order chi connectivity index (χ1) is 9.86. The van der Waals surface area contributed by atoms with Gasteiger partial charge in [-0.3, -0.25) is 0 Å². The van der Waals surface area contributed by atoms with E-state index in [0.717, 1.165) is 42.9 Å². The largest absolute Gasteiger partial charge is 0.339 e. The minimum atomic E-state index is 0.580. The highest BCUT2D eigenvalue weighted by molar-refractivity contribution is 5.78. The standard InChI is InChI=1S/C16H22N4/c1-2-10-20(12-14-7-5-9-17-14)16-18-11-13-6-3-4-8-15(13)19-16/h3-4,6,8,11,14,17H,2,5,7,9-10,12H2,1H3. The molecule has 1 unspecified atom stereocenters. The van der Waals surface area contributed by atoms with Crippen molar-refractivity contribution in [3.63, 3.8) is 0 Å². The second-order valence-electron chi connectivity index (χ2n) is 5.47. The topological polar surface area (TPSA) is 41.0 Å². The Balaban J connectivity index is 1.83. The molecule has 20 heavy (non-hydrogen) atoms. The quantitative estimate of drug-likeness (QED) is 0.906. The van der Waals surface area contributed by atoms with E-state index >= 15 is 0 Å². The van der Waals surface area contributed by atoms with Crippen molar-refractivity contribution < 1.29 is 0 Å². The fraction of sp³-hybridized carbons (Fsp3) is 0.500. The monoisotopic (exact) mass is 270 g/mol. The molecule has 1 aromatic heterocycles. The summed E-state index contributed by atoms with van der Waals surface area (Å²) in [5, 5.41) is 4.66. The van der Waals surface area contributed by atoms with Crippen LogP contribution in [-0.4, -0.2) is 35.6 Å². The van der Waals surface area contributed by atoms with E-state index in [2.05, 4.69) is 34.3 Å². The Labute approximate surface area is 120 Å². The lowest BCUT2D eigenvalue weighted by atomic mass is 10.2. The summed E-state index contributed by atoms with van der Waals surface area (Å²) in [6.07, 6.45) is 5.59. The van der Waals surface area contributed by atoms with E-state index in [9.17, 15) is 0 Å². The number of benzene rings is 1. The number of para-hydroxylation sites is 1. The molecule has 0 radical (unpaired) electrons. The first-order valence-corrected chi connectivity index (χ1v) is 7.57. The molecule has 2 aromatic rings. The molecule has 3 rings (SSSR count). The molecule has 1 aliphatic heterocycles. The van der Waals surface area contributed by atoms with Crippen LogP contribution in [0.25, 0.3) is 10.9 Å². The van der Waals surface area contributed by atoms with Gasteiger partial charge >= 0.3 is 0 Å². The van der Waals surface area contributed by atoms with Gasteiger partial charge in [0.25, 0.3) is 0 Å². The lowest BCUT2D eigenvalue weighted by Gasteiger charge is -2.25. The maximum atomic E-state index is 4.72. The average molecular weight is 270 g/mol. The Morgan fingerprint density at radius 3 is 3.05 bits per heavy atom. The van der Waals surface area contributed by atoms with Crippen LogP contribution in [0, 0.1) is 0 Å². The number of nitrogens with one attached hydrogen (secondary N) is 1. The predicted molar refractivity (Wildman–Crippen MR) is 83.1 cm³/mol. The molecular weight excluding hydrogens is 248 g/mol. The zero-order chi connectivity index (χ0) is 13.8. The molecule has 0 saturated carbocycles. The van der Waals surface area contributed by atoms with Gasteiger partial charge in [-0.1, -0.05) is 25.1 Å². The van der Waals surface area contributed by atoms with E-state index in [1.165, 1.54) is 12.8 Å². The van der Waals surface area contributed by atoms with Crippen LogP contribution < -0.4 is 10.2 Å². The molecule has 1 aromatic carbocycles. The predicted octanol–water partition coefficient (Wildman–Crippen LogP) is 2.60. The second kappa shape index (κ2) is 6.18. The Morgan fingerprint density at radius 1 is 1.35 bits per heavy atom. The van der Waals surface area contributed by atoms with Crippen molar-refractivity contribution in [2.75, 3.05) is 24.5 Å². The van der Waals surface area contributed by atoms with Gasteiger partial charge < -0.3 is 10.2 Å². The normalized spacial score (nSPS) is 18.6. The molecule has 0 spiro atoms. The van der Waals surface area contributed by atoms with E-state index in [0.29, 0.717) is 6.04 Å². The van der Waals surface area contributed by atoms with Gasteiger partial charge in [-0.15, -0.1) is 0 Å². The summed E-state index contributed by atoms with van der Waals surface area (Å²) in [5.74, 6) is 0.860. The molecule has 4 nitrogen and oxygen atoms in total. The third kappa shape index (κ3) is 2.90. The van der Waals surface area contributed by atoms with Crippen molar-refractivity contribution in [2.24, 2.45) is 0 Å². The molecule has 4 heteroatoms. The van der Waals surface area contributed by atoms with Gasteiger partial charge in [-0.25, -0.2) is 9.97 Å². The molecule has 0 aliphatic carbocycles. The Morgan fingerprint density at radius 2 is 2.25 bits per heavy atom. The first kappa shape index (κ1) is 13.3. The van der Waals surface area contributed by atoms with Crippen LogP contribution in [0.4, 0.5) is 5.95 Å². The average Bonchev–Trinajstić information content (AvgIpc) is 2.99. The number of anilines is 1. The van der Waals surface area contributed by atoms with E-state index in [1.54, 1.807) is 0 Å². The molecule has 2 heterocycles. The molecule has 0 amide bonds. The van der Waals surface area contributed by atoms with E-state index in [-0.39, 0.29) is 0 Å². The van der Waals surface area contributed by atoms with Crippen LogP contribution in [0.3, 0.4) is 0 Å². The lowest BCUT2D eigenvalue weighted by Crippen LogP contribution is -2.38. The molecule has 1 fully saturated rings. The summed E-state index contributed by atoms with van der Waals surface area (Å²) in [4.78, 5) is 11.6. The zero-order valence-electron chi connectivity index (χ0n) is 12.0. The highest BCUT2D eigenvalue weighted by Crippen LogP contribution is 2.17. The van der Waals surface area contributed by atoms with Crippen molar-refractivity contribution in [3.8, 4) is 0 Å². The SMILES string of the molecule is CCCN(CC1CCCN1)c1ncc2ccccc2n1. The van der Waals surface area contributed by atoms with Gasteiger partial charge in [0.2, 0.25) is 5.95 Å². The van der Waals surface area contributed by atoms with E-state index in [1.807, 2.05) is 18.3 Å². The first-order valence-electron chi connectivity index (χ1n) is 7.57. The summed E-state index contributed by atoms with van der Waals surface area (Å²) in [6.45, 7) is 5.36. The van der Waals surface area contributed by atoms with E-state index < -0.39 is 0 Å². The summed E-state index contributed by atoms with van der Waals surface area (Å²) in [6, 6.07) is 8.75. The third-order valence-corrected chi connectivity index (χ3v) is 3.86. The Hall–Kier alpha value is -1.68. The van der Waals surface area contributed by atoms with Crippen LogP contribution in [0.1, 0.15) is 26.2 Å². The minimum absolute atomic E-state index is 0.580. The molecule has 0 bridgehead atoms. The van der Waals surface area contributed by atoms with Crippen LogP contribution in [0.2, 0.25) is 0 Å². The highest BCUT2D eigenvalue weighted by atomic mass is 15.3. The number of aromatic nitrogens is 2. The van der Waals surface area contributed by atoms with Crippen molar-refractivity contribution in [1.29, 1.82) is 0 Å². The van der Waals surface area contributed by atoms with Crippen molar-refractivity contribution in [3.05, 3.63) is 30.5 Å². The molecule has 106 valence electrons. The number of hydrogen-bond donors (Lipinski definition) is 1. The fourth-order valence-electron chi connectivity index (χ4n) is 2.84. The summed E-state index contributed by atoms with van der Waals surface area (Å²) in [7, 11) is 0. The second-order valence-corrected chi connectivity index (χ2v) is 5.47. The van der Waals surface area contributed by atoms with Gasteiger partial charge in [-0.2, -0.15) is 0 Å². The lowest BCUT2D eigenvalue weighted by molar-refractivity contribution is 0.572.